The molecule has 2 nitrogen and oxygen atoms in total. The van der Waals surface area contributed by atoms with Gasteiger partial charge >= 0.3 is 0 Å². The summed E-state index contributed by atoms with van der Waals surface area (Å²) >= 11 is 0. The molecule has 3 heteroatoms. The molecule has 0 aliphatic rings. The predicted octanol–water partition coefficient (Wildman–Crippen LogP) is 2.29. The van der Waals surface area contributed by atoms with Crippen molar-refractivity contribution in [1.29, 1.82) is 0 Å². The maximum Gasteiger partial charge on any atom is 0.214 e. The van der Waals surface area contributed by atoms with Gasteiger partial charge in [0.15, 0.2) is 0 Å². The molecule has 1 aromatic heterocycles. The van der Waals surface area contributed by atoms with Crippen molar-refractivity contribution in [2.75, 3.05) is 5.32 Å². The van der Waals surface area contributed by atoms with Gasteiger partial charge in [-0.15, -0.1) is 6.42 Å². The zero-order chi connectivity index (χ0) is 10.6. The minimum atomic E-state index is -0.505. The van der Waals surface area contributed by atoms with Crippen molar-refractivity contribution >= 4 is 5.69 Å². The van der Waals surface area contributed by atoms with Crippen LogP contribution in [0.4, 0.5) is 10.1 Å². The molecule has 1 atom stereocenters. The van der Waals surface area contributed by atoms with E-state index in [4.69, 9.17) is 6.42 Å². The van der Waals surface area contributed by atoms with Crippen molar-refractivity contribution in [1.82, 2.24) is 4.98 Å². The third kappa shape index (κ3) is 2.74. The normalized spacial score (nSPS) is 12.2. The largest absolute Gasteiger partial charge is 0.371 e. The topological polar surface area (TPSA) is 24.9 Å². The van der Waals surface area contributed by atoms with Gasteiger partial charge in [-0.2, -0.15) is 4.39 Å². The number of hydrogen-bond acceptors (Lipinski definition) is 2. The van der Waals surface area contributed by atoms with Crippen molar-refractivity contribution in [3.8, 4) is 12.3 Å². The lowest BCUT2D eigenvalue weighted by Crippen LogP contribution is -2.23. The van der Waals surface area contributed by atoms with Gasteiger partial charge in [0.05, 0.1) is 6.04 Å². The van der Waals surface area contributed by atoms with E-state index >= 15 is 0 Å². The number of rotatable bonds is 3. The molecular weight excluding hydrogens is 179 g/mol. The van der Waals surface area contributed by atoms with Gasteiger partial charge in [0.1, 0.15) is 0 Å². The molecule has 0 aliphatic heterocycles. The van der Waals surface area contributed by atoms with Gasteiger partial charge in [-0.3, -0.25) is 0 Å². The maximum absolute atomic E-state index is 12.7. The van der Waals surface area contributed by atoms with Gasteiger partial charge in [-0.1, -0.05) is 19.8 Å². The van der Waals surface area contributed by atoms with E-state index in [2.05, 4.69) is 16.2 Å². The van der Waals surface area contributed by atoms with E-state index in [9.17, 15) is 4.39 Å². The summed E-state index contributed by atoms with van der Waals surface area (Å²) in [7, 11) is 0. The lowest BCUT2D eigenvalue weighted by atomic mass is 10.1. The Kier molecular flexibility index (Phi) is 3.47. The second kappa shape index (κ2) is 4.61. The van der Waals surface area contributed by atoms with Crippen LogP contribution in [0.3, 0.4) is 0 Å². The molecular formula is C11H13FN2. The molecule has 0 saturated heterocycles. The number of aromatic nitrogens is 1. The number of nitrogens with one attached hydrogen (secondary N) is 1. The van der Waals surface area contributed by atoms with E-state index in [0.29, 0.717) is 11.6 Å². The second-order valence-electron chi connectivity index (χ2n) is 3.40. The summed E-state index contributed by atoms with van der Waals surface area (Å²) in [5.41, 5.74) is 0.661. The standard InChI is InChI=1S/C11H13FN2/c1-4-10(8(2)3)14-9-5-6-13-11(12)7-9/h1,5-8,10H,2-3H3,(H,13,14). The highest BCUT2D eigenvalue weighted by atomic mass is 19.1. The number of anilines is 1. The third-order valence-electron chi connectivity index (χ3n) is 1.89. The fourth-order valence-electron chi connectivity index (χ4n) is 1.07. The zero-order valence-electron chi connectivity index (χ0n) is 8.29. The highest BCUT2D eigenvalue weighted by molar-refractivity contribution is 5.44. The van der Waals surface area contributed by atoms with Crippen LogP contribution in [0.1, 0.15) is 13.8 Å². The molecule has 1 N–H and O–H groups in total. The molecule has 74 valence electrons. The van der Waals surface area contributed by atoms with Crippen LogP contribution >= 0.6 is 0 Å². The first kappa shape index (κ1) is 10.5. The number of pyridine rings is 1. The second-order valence-corrected chi connectivity index (χ2v) is 3.40. The smallest absolute Gasteiger partial charge is 0.214 e. The number of hydrogen-bond donors (Lipinski definition) is 1. The van der Waals surface area contributed by atoms with Crippen molar-refractivity contribution in [2.45, 2.75) is 19.9 Å². The van der Waals surface area contributed by atoms with Gasteiger partial charge in [0.2, 0.25) is 5.95 Å². The van der Waals surface area contributed by atoms with Crippen LogP contribution in [0.2, 0.25) is 0 Å². The van der Waals surface area contributed by atoms with Crippen LogP contribution in [0.15, 0.2) is 18.3 Å². The predicted molar refractivity (Wildman–Crippen MR) is 55.3 cm³/mol. The quantitative estimate of drug-likeness (QED) is 0.587. The summed E-state index contributed by atoms with van der Waals surface area (Å²) in [6.07, 6.45) is 6.75. The zero-order valence-corrected chi connectivity index (χ0v) is 8.29. The first-order valence-corrected chi connectivity index (χ1v) is 4.47. The summed E-state index contributed by atoms with van der Waals surface area (Å²) in [6, 6.07) is 2.93. The Bertz CT molecular complexity index is 341. The summed E-state index contributed by atoms with van der Waals surface area (Å²) in [6.45, 7) is 4.02. The molecule has 0 saturated carbocycles. The van der Waals surface area contributed by atoms with Gasteiger partial charge in [-0.25, -0.2) is 4.98 Å². The Morgan fingerprint density at radius 2 is 2.29 bits per heavy atom. The van der Waals surface area contributed by atoms with E-state index in [0.717, 1.165) is 0 Å². The fourth-order valence-corrected chi connectivity index (χ4v) is 1.07. The number of halogens is 1. The van der Waals surface area contributed by atoms with E-state index in [1.165, 1.54) is 12.3 Å². The number of nitrogens with zero attached hydrogens (tertiary/aromatic N) is 1. The van der Waals surface area contributed by atoms with Crippen molar-refractivity contribution in [3.63, 3.8) is 0 Å². The van der Waals surface area contributed by atoms with E-state index in [1.54, 1.807) is 6.07 Å². The maximum atomic E-state index is 12.7. The van der Waals surface area contributed by atoms with Crippen molar-refractivity contribution < 1.29 is 4.39 Å². The van der Waals surface area contributed by atoms with Gasteiger partial charge in [0.25, 0.3) is 0 Å². The highest BCUT2D eigenvalue weighted by Crippen LogP contribution is 2.12. The summed E-state index contributed by atoms with van der Waals surface area (Å²) in [4.78, 5) is 3.46. The fraction of sp³-hybridized carbons (Fsp3) is 0.364. The molecule has 0 bridgehead atoms. The van der Waals surface area contributed by atoms with Crippen LogP contribution in [0.25, 0.3) is 0 Å². The molecule has 0 amide bonds. The lowest BCUT2D eigenvalue weighted by Gasteiger charge is -2.17. The first-order valence-electron chi connectivity index (χ1n) is 4.47. The van der Waals surface area contributed by atoms with Crippen LogP contribution in [0, 0.1) is 24.2 Å². The molecule has 14 heavy (non-hydrogen) atoms. The molecule has 1 rings (SSSR count). The van der Waals surface area contributed by atoms with Crippen LogP contribution < -0.4 is 5.32 Å². The Morgan fingerprint density at radius 1 is 1.57 bits per heavy atom. The summed E-state index contributed by atoms with van der Waals surface area (Å²) in [5, 5.41) is 3.05. The van der Waals surface area contributed by atoms with Crippen molar-refractivity contribution in [2.24, 2.45) is 5.92 Å². The average molecular weight is 192 g/mol. The SMILES string of the molecule is C#CC(Nc1ccnc(F)c1)C(C)C. The average Bonchev–Trinajstić information content (AvgIpc) is 2.14. The summed E-state index contributed by atoms with van der Waals surface area (Å²) < 4.78 is 12.7. The van der Waals surface area contributed by atoms with E-state index < -0.39 is 5.95 Å². The highest BCUT2D eigenvalue weighted by Gasteiger charge is 2.09. The lowest BCUT2D eigenvalue weighted by molar-refractivity contribution is 0.581. The van der Waals surface area contributed by atoms with Crippen LogP contribution in [-0.4, -0.2) is 11.0 Å². The molecule has 1 aromatic rings. The van der Waals surface area contributed by atoms with Crippen LogP contribution in [0.5, 0.6) is 0 Å². The first-order chi connectivity index (χ1) is 6.63. The van der Waals surface area contributed by atoms with E-state index in [1.807, 2.05) is 13.8 Å². The summed E-state index contributed by atoms with van der Waals surface area (Å²) in [5.74, 6) is 2.41. The molecule has 1 heterocycles. The molecule has 0 aliphatic carbocycles. The van der Waals surface area contributed by atoms with Crippen molar-refractivity contribution in [3.05, 3.63) is 24.3 Å². The number of terminal acetylenes is 1. The molecule has 0 radical (unpaired) electrons. The van der Waals surface area contributed by atoms with Crippen LogP contribution in [-0.2, 0) is 0 Å². The minimum absolute atomic E-state index is 0.0863. The minimum Gasteiger partial charge on any atom is -0.371 e. The Morgan fingerprint density at radius 3 is 2.79 bits per heavy atom. The van der Waals surface area contributed by atoms with Gasteiger partial charge in [0, 0.05) is 18.0 Å². The van der Waals surface area contributed by atoms with E-state index in [-0.39, 0.29) is 6.04 Å². The molecule has 1 unspecified atom stereocenters. The monoisotopic (exact) mass is 192 g/mol. The molecule has 0 fully saturated rings. The Hall–Kier alpha value is -1.56. The third-order valence-corrected chi connectivity index (χ3v) is 1.89. The Balaban J connectivity index is 2.73. The van der Waals surface area contributed by atoms with Gasteiger partial charge < -0.3 is 5.32 Å². The molecule has 0 aromatic carbocycles. The van der Waals surface area contributed by atoms with Gasteiger partial charge in [-0.05, 0) is 12.0 Å². The molecule has 0 spiro atoms. The Labute approximate surface area is 83.6 Å².